The molecule has 156 valence electrons. The average Bonchev–Trinajstić information content (AvgIpc) is 2.76. The summed E-state index contributed by atoms with van der Waals surface area (Å²) in [6.07, 6.45) is 1.65. The predicted molar refractivity (Wildman–Crippen MR) is 115 cm³/mol. The van der Waals surface area contributed by atoms with Gasteiger partial charge in [0.15, 0.2) is 0 Å². The van der Waals surface area contributed by atoms with Crippen molar-refractivity contribution < 1.29 is 19.1 Å². The molecule has 1 aliphatic rings. The van der Waals surface area contributed by atoms with Crippen LogP contribution in [0.4, 0.5) is 10.5 Å². The Balaban J connectivity index is 1.99. The molecule has 0 aromatic heterocycles. The summed E-state index contributed by atoms with van der Waals surface area (Å²) in [5.74, 6) is 0.850. The maximum Gasteiger partial charge on any atom is 0.322 e. The Labute approximate surface area is 176 Å². The quantitative estimate of drug-likeness (QED) is 0.683. The molecule has 0 fully saturated rings. The van der Waals surface area contributed by atoms with E-state index >= 15 is 0 Å². The summed E-state index contributed by atoms with van der Waals surface area (Å²) in [6, 6.07) is 13.5. The number of carbonyl (C=O) groups is 2. The summed E-state index contributed by atoms with van der Waals surface area (Å²) in [5, 5.41) is 5.80. The Hall–Kier alpha value is -3.74. The monoisotopic (exact) mass is 407 g/mol. The number of allylic oxidation sites excluding steroid dienone is 1. The second-order valence-electron chi connectivity index (χ2n) is 6.77. The minimum absolute atomic E-state index is 0.288. The molecule has 2 aromatic rings. The summed E-state index contributed by atoms with van der Waals surface area (Å²) < 4.78 is 10.9. The van der Waals surface area contributed by atoms with Gasteiger partial charge in [0.05, 0.1) is 24.4 Å². The van der Waals surface area contributed by atoms with Gasteiger partial charge in [-0.3, -0.25) is 4.79 Å². The Morgan fingerprint density at radius 3 is 2.77 bits per heavy atom. The van der Waals surface area contributed by atoms with E-state index in [2.05, 4.69) is 17.2 Å². The van der Waals surface area contributed by atoms with Gasteiger partial charge >= 0.3 is 6.03 Å². The highest BCUT2D eigenvalue weighted by atomic mass is 16.5. The van der Waals surface area contributed by atoms with Crippen LogP contribution in [0.25, 0.3) is 0 Å². The molecule has 1 aliphatic heterocycles. The zero-order valence-corrected chi connectivity index (χ0v) is 17.3. The first-order valence-electron chi connectivity index (χ1n) is 9.49. The topological polar surface area (TPSA) is 79.9 Å². The molecular weight excluding hydrogens is 382 g/mol. The van der Waals surface area contributed by atoms with Crippen LogP contribution >= 0.6 is 0 Å². The van der Waals surface area contributed by atoms with E-state index in [1.165, 1.54) is 4.90 Å². The van der Waals surface area contributed by atoms with Crippen molar-refractivity contribution in [1.29, 1.82) is 0 Å². The number of hydrogen-bond donors (Lipinski definition) is 2. The van der Waals surface area contributed by atoms with Gasteiger partial charge in [-0.2, -0.15) is 0 Å². The normalized spacial score (nSPS) is 16.0. The van der Waals surface area contributed by atoms with E-state index in [0.717, 1.165) is 5.56 Å². The molecule has 0 aliphatic carbocycles. The van der Waals surface area contributed by atoms with Gasteiger partial charge in [-0.15, -0.1) is 0 Å². The molecule has 2 aromatic carbocycles. The fraction of sp³-hybridized carbons (Fsp3) is 0.217. The maximum atomic E-state index is 13.3. The van der Waals surface area contributed by atoms with Crippen molar-refractivity contribution in [2.75, 3.05) is 26.1 Å². The van der Waals surface area contributed by atoms with Gasteiger partial charge in [-0.1, -0.05) is 36.9 Å². The fourth-order valence-electron chi connectivity index (χ4n) is 3.26. The molecule has 0 unspecified atom stereocenters. The molecule has 0 saturated heterocycles. The van der Waals surface area contributed by atoms with E-state index < -0.39 is 6.04 Å². The SMILES string of the molecule is C=CCOc1cccc([C@H]2NC(=O)N(C)C(C)=C2C(=O)Nc2ccccc2OC)c1. The Morgan fingerprint density at radius 2 is 2.03 bits per heavy atom. The second kappa shape index (κ2) is 9.17. The number of para-hydroxylation sites is 2. The lowest BCUT2D eigenvalue weighted by Gasteiger charge is -2.33. The molecule has 0 bridgehead atoms. The van der Waals surface area contributed by atoms with Crippen LogP contribution < -0.4 is 20.1 Å². The molecule has 2 N–H and O–H groups in total. The van der Waals surface area contributed by atoms with Crippen LogP contribution in [0.2, 0.25) is 0 Å². The van der Waals surface area contributed by atoms with Crippen LogP contribution in [0, 0.1) is 0 Å². The number of hydrogen-bond acceptors (Lipinski definition) is 4. The average molecular weight is 407 g/mol. The van der Waals surface area contributed by atoms with Gasteiger partial charge in [-0.25, -0.2) is 4.79 Å². The van der Waals surface area contributed by atoms with Gasteiger partial charge in [0.1, 0.15) is 18.1 Å². The van der Waals surface area contributed by atoms with E-state index in [9.17, 15) is 9.59 Å². The summed E-state index contributed by atoms with van der Waals surface area (Å²) in [5.41, 5.74) is 2.28. The van der Waals surface area contributed by atoms with Gasteiger partial charge in [0.25, 0.3) is 5.91 Å². The number of anilines is 1. The van der Waals surface area contributed by atoms with E-state index in [1.54, 1.807) is 39.3 Å². The van der Waals surface area contributed by atoms with Gasteiger partial charge in [-0.05, 0) is 36.8 Å². The lowest BCUT2D eigenvalue weighted by atomic mass is 9.94. The van der Waals surface area contributed by atoms with E-state index in [-0.39, 0.29) is 11.9 Å². The Kier molecular flexibility index (Phi) is 6.41. The minimum Gasteiger partial charge on any atom is -0.495 e. The molecule has 1 atom stereocenters. The minimum atomic E-state index is -0.629. The van der Waals surface area contributed by atoms with Crippen molar-refractivity contribution in [1.82, 2.24) is 10.2 Å². The molecule has 3 rings (SSSR count). The Morgan fingerprint density at radius 1 is 1.27 bits per heavy atom. The zero-order chi connectivity index (χ0) is 21.7. The molecule has 0 saturated carbocycles. The number of amides is 3. The van der Waals surface area contributed by atoms with E-state index in [4.69, 9.17) is 9.47 Å². The number of ether oxygens (including phenoxy) is 2. The lowest BCUT2D eigenvalue weighted by molar-refractivity contribution is -0.113. The van der Waals surface area contributed by atoms with Crippen LogP contribution in [-0.4, -0.2) is 37.6 Å². The highest BCUT2D eigenvalue weighted by molar-refractivity contribution is 6.07. The highest BCUT2D eigenvalue weighted by Crippen LogP contribution is 2.33. The largest absolute Gasteiger partial charge is 0.495 e. The second-order valence-corrected chi connectivity index (χ2v) is 6.77. The summed E-state index contributed by atoms with van der Waals surface area (Å²) in [7, 11) is 3.17. The summed E-state index contributed by atoms with van der Waals surface area (Å²) in [6.45, 7) is 5.76. The van der Waals surface area contributed by atoms with Crippen LogP contribution in [0.3, 0.4) is 0 Å². The van der Waals surface area contributed by atoms with E-state index in [0.29, 0.717) is 35.1 Å². The zero-order valence-electron chi connectivity index (χ0n) is 17.3. The first-order valence-corrected chi connectivity index (χ1v) is 9.49. The first-order chi connectivity index (χ1) is 14.5. The molecule has 30 heavy (non-hydrogen) atoms. The smallest absolute Gasteiger partial charge is 0.322 e. The standard InChI is InChI=1S/C23H25N3O4/c1-5-13-30-17-10-8-9-16(14-17)21-20(15(2)26(3)23(28)25-21)22(27)24-18-11-6-7-12-19(18)29-4/h5-12,14,21H,1,13H2,2-4H3,(H,24,27)(H,25,28)/t21-/m1/s1. The first kappa shape index (κ1) is 21.0. The third-order valence-corrected chi connectivity index (χ3v) is 4.91. The van der Waals surface area contributed by atoms with Crippen LogP contribution in [0.1, 0.15) is 18.5 Å². The third-order valence-electron chi connectivity index (χ3n) is 4.91. The number of nitrogens with zero attached hydrogens (tertiary/aromatic N) is 1. The number of methoxy groups -OCH3 is 1. The summed E-state index contributed by atoms with van der Waals surface area (Å²) in [4.78, 5) is 27.2. The third kappa shape index (κ3) is 4.30. The van der Waals surface area contributed by atoms with Crippen molar-refractivity contribution in [2.24, 2.45) is 0 Å². The van der Waals surface area contributed by atoms with Gasteiger partial charge in [0.2, 0.25) is 0 Å². The van der Waals surface area contributed by atoms with Crippen LogP contribution in [0.15, 0.2) is 72.5 Å². The molecule has 7 nitrogen and oxygen atoms in total. The molecule has 1 heterocycles. The number of nitrogens with one attached hydrogen (secondary N) is 2. The number of carbonyl (C=O) groups excluding carboxylic acids is 2. The van der Waals surface area contributed by atoms with Gasteiger partial charge in [0, 0.05) is 12.7 Å². The molecular formula is C23H25N3O4. The van der Waals surface area contributed by atoms with Crippen molar-refractivity contribution in [3.63, 3.8) is 0 Å². The lowest BCUT2D eigenvalue weighted by Crippen LogP contribution is -2.46. The van der Waals surface area contributed by atoms with E-state index in [1.807, 2.05) is 36.4 Å². The highest BCUT2D eigenvalue weighted by Gasteiger charge is 2.34. The molecule has 7 heteroatoms. The molecule has 0 spiro atoms. The number of rotatable bonds is 7. The van der Waals surface area contributed by atoms with Gasteiger partial charge < -0.3 is 25.0 Å². The van der Waals surface area contributed by atoms with Crippen molar-refractivity contribution in [3.8, 4) is 11.5 Å². The van der Waals surface area contributed by atoms with Crippen LogP contribution in [-0.2, 0) is 4.79 Å². The fourth-order valence-corrected chi connectivity index (χ4v) is 3.26. The summed E-state index contributed by atoms with van der Waals surface area (Å²) >= 11 is 0. The van der Waals surface area contributed by atoms with Crippen molar-refractivity contribution in [3.05, 3.63) is 78.0 Å². The van der Waals surface area contributed by atoms with Crippen molar-refractivity contribution >= 4 is 17.6 Å². The van der Waals surface area contributed by atoms with Crippen molar-refractivity contribution in [2.45, 2.75) is 13.0 Å². The number of urea groups is 1. The predicted octanol–water partition coefficient (Wildman–Crippen LogP) is 3.87. The molecule has 3 amide bonds. The Bertz CT molecular complexity index is 999. The molecule has 0 radical (unpaired) electrons. The number of benzene rings is 2. The van der Waals surface area contributed by atoms with Crippen LogP contribution in [0.5, 0.6) is 11.5 Å². The maximum absolute atomic E-state index is 13.3.